The van der Waals surface area contributed by atoms with Crippen LogP contribution in [0.1, 0.15) is 25.7 Å². The number of hydrazine groups is 1. The zero-order valence-electron chi connectivity index (χ0n) is 9.76. The summed E-state index contributed by atoms with van der Waals surface area (Å²) in [6, 6.07) is 9.72. The zero-order valence-corrected chi connectivity index (χ0v) is 9.76. The SMILES string of the molecule is NNC(=O)C1CCCC(Oc2ccccc2)C1. The van der Waals surface area contributed by atoms with E-state index in [1.54, 1.807) is 0 Å². The van der Waals surface area contributed by atoms with Gasteiger partial charge in [0.2, 0.25) is 5.91 Å². The van der Waals surface area contributed by atoms with Crippen LogP contribution in [0, 0.1) is 5.92 Å². The third kappa shape index (κ3) is 3.20. The van der Waals surface area contributed by atoms with Gasteiger partial charge in [-0.05, 0) is 37.8 Å². The zero-order chi connectivity index (χ0) is 12.1. The monoisotopic (exact) mass is 234 g/mol. The van der Waals surface area contributed by atoms with Crippen LogP contribution < -0.4 is 16.0 Å². The second-order valence-corrected chi connectivity index (χ2v) is 4.43. The number of ether oxygens (including phenoxy) is 1. The van der Waals surface area contributed by atoms with E-state index in [-0.39, 0.29) is 17.9 Å². The van der Waals surface area contributed by atoms with Gasteiger partial charge in [0.1, 0.15) is 5.75 Å². The molecule has 4 nitrogen and oxygen atoms in total. The summed E-state index contributed by atoms with van der Waals surface area (Å²) in [6.07, 6.45) is 3.78. The lowest BCUT2D eigenvalue weighted by molar-refractivity contribution is -0.127. The van der Waals surface area contributed by atoms with E-state index in [0.29, 0.717) is 0 Å². The summed E-state index contributed by atoms with van der Waals surface area (Å²) in [4.78, 5) is 11.5. The number of carbonyl (C=O) groups excluding carboxylic acids is 1. The summed E-state index contributed by atoms with van der Waals surface area (Å²) in [5.41, 5.74) is 2.22. The van der Waals surface area contributed by atoms with E-state index in [1.165, 1.54) is 0 Å². The first-order valence-electron chi connectivity index (χ1n) is 6.01. The van der Waals surface area contributed by atoms with Gasteiger partial charge in [0.25, 0.3) is 0 Å². The molecular weight excluding hydrogens is 216 g/mol. The summed E-state index contributed by atoms with van der Waals surface area (Å²) in [5.74, 6) is 5.94. The minimum atomic E-state index is -0.0774. The van der Waals surface area contributed by atoms with Crippen molar-refractivity contribution in [2.45, 2.75) is 31.8 Å². The fraction of sp³-hybridized carbons (Fsp3) is 0.462. The Morgan fingerprint density at radius 3 is 2.76 bits per heavy atom. The Labute approximate surface area is 101 Å². The lowest BCUT2D eigenvalue weighted by Crippen LogP contribution is -2.39. The average molecular weight is 234 g/mol. The Bertz CT molecular complexity index is 367. The Morgan fingerprint density at radius 1 is 1.29 bits per heavy atom. The van der Waals surface area contributed by atoms with Crippen molar-refractivity contribution in [2.75, 3.05) is 0 Å². The van der Waals surface area contributed by atoms with Gasteiger partial charge in [0, 0.05) is 5.92 Å². The van der Waals surface area contributed by atoms with Gasteiger partial charge in [0.15, 0.2) is 0 Å². The molecule has 1 amide bonds. The standard InChI is InChI=1S/C13H18N2O2/c14-15-13(16)10-5-4-8-12(9-10)17-11-6-2-1-3-7-11/h1-3,6-7,10,12H,4-5,8-9,14H2,(H,15,16). The number of hydrogen-bond donors (Lipinski definition) is 2. The van der Waals surface area contributed by atoms with Crippen LogP contribution >= 0.6 is 0 Å². The Hall–Kier alpha value is -1.55. The normalized spacial score (nSPS) is 24.1. The van der Waals surface area contributed by atoms with E-state index in [9.17, 15) is 4.79 Å². The Kier molecular flexibility index (Phi) is 3.98. The van der Waals surface area contributed by atoms with E-state index in [2.05, 4.69) is 5.43 Å². The maximum Gasteiger partial charge on any atom is 0.237 e. The molecule has 0 bridgehead atoms. The highest BCUT2D eigenvalue weighted by Gasteiger charge is 2.27. The van der Waals surface area contributed by atoms with Gasteiger partial charge in [-0.2, -0.15) is 0 Å². The minimum absolute atomic E-state index is 0.0116. The van der Waals surface area contributed by atoms with Crippen LogP contribution in [0.5, 0.6) is 5.75 Å². The average Bonchev–Trinajstić information content (AvgIpc) is 2.39. The molecule has 0 radical (unpaired) electrons. The summed E-state index contributed by atoms with van der Waals surface area (Å²) in [6.45, 7) is 0. The smallest absolute Gasteiger partial charge is 0.237 e. The molecule has 0 heterocycles. The van der Waals surface area contributed by atoms with E-state index in [4.69, 9.17) is 10.6 Å². The van der Waals surface area contributed by atoms with Crippen molar-refractivity contribution in [3.05, 3.63) is 30.3 Å². The van der Waals surface area contributed by atoms with Gasteiger partial charge < -0.3 is 4.74 Å². The number of rotatable bonds is 3. The van der Waals surface area contributed by atoms with E-state index < -0.39 is 0 Å². The molecule has 1 aliphatic rings. The van der Waals surface area contributed by atoms with Gasteiger partial charge in [0.05, 0.1) is 6.10 Å². The molecule has 92 valence electrons. The van der Waals surface area contributed by atoms with Crippen molar-refractivity contribution < 1.29 is 9.53 Å². The molecule has 3 N–H and O–H groups in total. The van der Waals surface area contributed by atoms with E-state index in [0.717, 1.165) is 31.4 Å². The minimum Gasteiger partial charge on any atom is -0.490 e. The number of benzene rings is 1. The summed E-state index contributed by atoms with van der Waals surface area (Å²) >= 11 is 0. The Morgan fingerprint density at radius 2 is 2.06 bits per heavy atom. The molecule has 17 heavy (non-hydrogen) atoms. The van der Waals surface area contributed by atoms with Gasteiger partial charge in [-0.15, -0.1) is 0 Å². The summed E-state index contributed by atoms with van der Waals surface area (Å²) in [7, 11) is 0. The van der Waals surface area contributed by atoms with Gasteiger partial charge in [-0.3, -0.25) is 10.2 Å². The van der Waals surface area contributed by atoms with Crippen LogP contribution in [-0.4, -0.2) is 12.0 Å². The number of para-hydroxylation sites is 1. The van der Waals surface area contributed by atoms with Crippen LogP contribution in [0.15, 0.2) is 30.3 Å². The molecule has 1 saturated carbocycles. The Balaban J connectivity index is 1.92. The topological polar surface area (TPSA) is 64.3 Å². The van der Waals surface area contributed by atoms with Gasteiger partial charge in [-0.25, -0.2) is 5.84 Å². The quantitative estimate of drug-likeness (QED) is 0.474. The maximum absolute atomic E-state index is 11.5. The van der Waals surface area contributed by atoms with Crippen molar-refractivity contribution in [1.82, 2.24) is 5.43 Å². The molecule has 0 saturated heterocycles. The number of amides is 1. The van der Waals surface area contributed by atoms with Crippen LogP contribution in [0.25, 0.3) is 0 Å². The number of nitrogens with two attached hydrogens (primary N) is 1. The number of nitrogens with one attached hydrogen (secondary N) is 1. The molecule has 2 unspecified atom stereocenters. The van der Waals surface area contributed by atoms with Crippen molar-refractivity contribution in [3.63, 3.8) is 0 Å². The lowest BCUT2D eigenvalue weighted by atomic mass is 9.86. The van der Waals surface area contributed by atoms with Crippen molar-refractivity contribution in [3.8, 4) is 5.75 Å². The second kappa shape index (κ2) is 5.68. The van der Waals surface area contributed by atoms with E-state index >= 15 is 0 Å². The van der Waals surface area contributed by atoms with E-state index in [1.807, 2.05) is 30.3 Å². The molecular formula is C13H18N2O2. The van der Waals surface area contributed by atoms with Crippen molar-refractivity contribution >= 4 is 5.91 Å². The first-order valence-corrected chi connectivity index (χ1v) is 6.01. The van der Waals surface area contributed by atoms with Crippen LogP contribution in [0.4, 0.5) is 0 Å². The van der Waals surface area contributed by atoms with Crippen LogP contribution in [0.2, 0.25) is 0 Å². The van der Waals surface area contributed by atoms with Crippen LogP contribution in [0.3, 0.4) is 0 Å². The highest BCUT2D eigenvalue weighted by molar-refractivity contribution is 5.78. The van der Waals surface area contributed by atoms with Crippen molar-refractivity contribution in [1.29, 1.82) is 0 Å². The fourth-order valence-electron chi connectivity index (χ4n) is 2.30. The molecule has 1 fully saturated rings. The molecule has 1 aromatic rings. The molecule has 1 aromatic carbocycles. The maximum atomic E-state index is 11.5. The molecule has 2 atom stereocenters. The number of carbonyl (C=O) groups is 1. The van der Waals surface area contributed by atoms with Gasteiger partial charge >= 0.3 is 0 Å². The first-order chi connectivity index (χ1) is 8.29. The summed E-state index contributed by atoms with van der Waals surface area (Å²) < 4.78 is 5.86. The molecule has 4 heteroatoms. The third-order valence-electron chi connectivity index (χ3n) is 3.19. The van der Waals surface area contributed by atoms with Crippen LogP contribution in [-0.2, 0) is 4.79 Å². The largest absolute Gasteiger partial charge is 0.490 e. The van der Waals surface area contributed by atoms with Crippen molar-refractivity contribution in [2.24, 2.45) is 11.8 Å². The predicted molar refractivity (Wildman–Crippen MR) is 65.1 cm³/mol. The van der Waals surface area contributed by atoms with Gasteiger partial charge in [-0.1, -0.05) is 18.2 Å². The summed E-state index contributed by atoms with van der Waals surface area (Å²) in [5, 5.41) is 0. The number of hydrogen-bond acceptors (Lipinski definition) is 3. The third-order valence-corrected chi connectivity index (χ3v) is 3.19. The predicted octanol–water partition coefficient (Wildman–Crippen LogP) is 1.61. The fourth-order valence-corrected chi connectivity index (χ4v) is 2.30. The molecule has 0 aliphatic heterocycles. The molecule has 0 spiro atoms. The molecule has 2 rings (SSSR count). The molecule has 1 aliphatic carbocycles. The highest BCUT2D eigenvalue weighted by Crippen LogP contribution is 2.27. The highest BCUT2D eigenvalue weighted by atomic mass is 16.5. The first kappa shape index (κ1) is 11.9. The molecule has 0 aromatic heterocycles. The lowest BCUT2D eigenvalue weighted by Gasteiger charge is -2.28. The second-order valence-electron chi connectivity index (χ2n) is 4.43.